The summed E-state index contributed by atoms with van der Waals surface area (Å²) < 4.78 is 14.1. The molecule has 0 aliphatic carbocycles. The zero-order valence-electron chi connectivity index (χ0n) is 6.00. The van der Waals surface area contributed by atoms with Gasteiger partial charge >= 0.3 is 49.1 Å². The molecule has 0 aromatic rings. The van der Waals surface area contributed by atoms with Gasteiger partial charge in [0.05, 0.1) is 0 Å². The molecule has 0 saturated carbocycles. The van der Waals surface area contributed by atoms with Gasteiger partial charge in [-0.3, -0.25) is 0 Å². The van der Waals surface area contributed by atoms with Gasteiger partial charge in [0.25, 0.3) is 0 Å². The van der Waals surface area contributed by atoms with Crippen molar-refractivity contribution in [3.8, 4) is 0 Å². The van der Waals surface area contributed by atoms with Gasteiger partial charge in [-0.25, -0.2) is 0 Å². The van der Waals surface area contributed by atoms with Crippen LogP contribution in [-0.2, 0) is 9.09 Å². The molecule has 0 aromatic carbocycles. The molecular formula is C5H11NdO3P+3. The van der Waals surface area contributed by atoms with Crippen LogP contribution in [0.25, 0.3) is 0 Å². The molecular weight excluding hydrogens is 283 g/mol. The van der Waals surface area contributed by atoms with E-state index in [0.717, 1.165) is 19.3 Å². The number of hydrogen-bond donors (Lipinski definition) is 0. The van der Waals surface area contributed by atoms with Gasteiger partial charge in [-0.05, 0) is 11.0 Å². The summed E-state index contributed by atoms with van der Waals surface area (Å²) in [7, 11) is -2.62. The third-order valence-electron chi connectivity index (χ3n) is 0.945. The molecule has 0 aliphatic rings. The molecule has 1 atom stereocenters. The maximum absolute atomic E-state index is 9.78. The second-order valence-corrected chi connectivity index (χ2v) is 2.47. The van der Waals surface area contributed by atoms with Crippen molar-refractivity contribution in [3.05, 3.63) is 0 Å². The molecule has 0 amide bonds. The van der Waals surface area contributed by atoms with Gasteiger partial charge in [-0.2, -0.15) is 0 Å². The van der Waals surface area contributed by atoms with Crippen LogP contribution < -0.4 is 4.89 Å². The van der Waals surface area contributed by atoms with Crippen molar-refractivity contribution in [2.75, 3.05) is 6.61 Å². The summed E-state index contributed by atoms with van der Waals surface area (Å²) in [5, 5.41) is 0. The Bertz CT molecular complexity index is 89.0. The first-order valence-electron chi connectivity index (χ1n) is 3.04. The van der Waals surface area contributed by atoms with E-state index >= 15 is 0 Å². The first kappa shape index (κ1) is 13.9. The van der Waals surface area contributed by atoms with Crippen LogP contribution in [0.1, 0.15) is 26.2 Å². The van der Waals surface area contributed by atoms with E-state index in [2.05, 4.69) is 11.4 Å². The Balaban J connectivity index is 0. The van der Waals surface area contributed by atoms with Crippen LogP contribution in [0.2, 0.25) is 0 Å². The zero-order chi connectivity index (χ0) is 7.11. The van der Waals surface area contributed by atoms with E-state index in [9.17, 15) is 9.46 Å². The summed E-state index contributed by atoms with van der Waals surface area (Å²) in [4.78, 5) is 9.78. The predicted molar refractivity (Wildman–Crippen MR) is 33.1 cm³/mol. The fraction of sp³-hybridized carbons (Fsp3) is 1.00. The second kappa shape index (κ2) is 10.4. The molecule has 0 aliphatic heterocycles. The Hall–Kier alpha value is 1.37. The largest absolute Gasteiger partial charge is 3.00 e. The van der Waals surface area contributed by atoms with Crippen molar-refractivity contribution in [3.63, 3.8) is 0 Å². The maximum Gasteiger partial charge on any atom is 3.00 e. The van der Waals surface area contributed by atoms with Crippen LogP contribution in [0, 0.1) is 40.8 Å². The Morgan fingerprint density at radius 3 is 2.50 bits per heavy atom. The van der Waals surface area contributed by atoms with E-state index < -0.39 is 8.25 Å². The first-order chi connectivity index (χ1) is 4.27. The summed E-state index contributed by atoms with van der Waals surface area (Å²) in [5.41, 5.74) is 0. The summed E-state index contributed by atoms with van der Waals surface area (Å²) in [6.45, 7) is 2.39. The van der Waals surface area contributed by atoms with Crippen LogP contribution in [0.4, 0.5) is 0 Å². The third kappa shape index (κ3) is 12.1. The van der Waals surface area contributed by atoms with E-state index in [1.165, 1.54) is 0 Å². The van der Waals surface area contributed by atoms with Crippen LogP contribution in [0.15, 0.2) is 0 Å². The molecule has 1 radical (unpaired) electrons. The molecule has 0 N–H and O–H groups in total. The van der Waals surface area contributed by atoms with Crippen LogP contribution in [0.5, 0.6) is 0 Å². The molecule has 0 saturated heterocycles. The molecule has 0 fully saturated rings. The quantitative estimate of drug-likeness (QED) is 0.566. The smallest absolute Gasteiger partial charge is 0.566 e. The minimum Gasteiger partial charge on any atom is -0.566 e. The zero-order valence-corrected chi connectivity index (χ0v) is 10.1. The van der Waals surface area contributed by atoms with Crippen molar-refractivity contribution in [2.24, 2.45) is 0 Å². The fourth-order valence-electron chi connectivity index (χ4n) is 0.491. The molecule has 10 heavy (non-hydrogen) atoms. The molecule has 5 heteroatoms. The van der Waals surface area contributed by atoms with Gasteiger partial charge in [-0.15, -0.1) is 4.52 Å². The van der Waals surface area contributed by atoms with Gasteiger partial charge in [0.1, 0.15) is 6.61 Å². The van der Waals surface area contributed by atoms with E-state index in [4.69, 9.17) is 0 Å². The maximum atomic E-state index is 9.78. The number of unbranched alkanes of at least 4 members (excludes halogenated alkanes) is 2. The Labute approximate surface area is 95.0 Å². The molecule has 55 valence electrons. The number of hydrogen-bond acceptors (Lipinski definition) is 3. The Morgan fingerprint density at radius 2 is 2.10 bits per heavy atom. The molecule has 0 rings (SSSR count). The van der Waals surface area contributed by atoms with Crippen molar-refractivity contribution >= 4 is 8.25 Å². The van der Waals surface area contributed by atoms with E-state index in [1.807, 2.05) is 0 Å². The SMILES string of the molecule is CCCCCO[P+](=O)[O-].[Nd+3]. The number of rotatable bonds is 5. The predicted octanol–water partition coefficient (Wildman–Crippen LogP) is 1.21. The molecule has 0 aromatic heterocycles. The van der Waals surface area contributed by atoms with Crippen LogP contribution in [0.3, 0.4) is 0 Å². The van der Waals surface area contributed by atoms with Gasteiger partial charge in [-0.1, -0.05) is 19.8 Å². The first-order valence-corrected chi connectivity index (χ1v) is 4.14. The average Bonchev–Trinajstić information content (AvgIpc) is 1.80. The topological polar surface area (TPSA) is 49.4 Å². The standard InChI is InChI=1S/C5H11O3P.Nd/c1-2-3-4-5-8-9(6)7;/h2-5H2,1H3;/q;+3. The summed E-state index contributed by atoms with van der Waals surface area (Å²) >= 11 is 0. The van der Waals surface area contributed by atoms with Crippen LogP contribution in [-0.4, -0.2) is 6.61 Å². The van der Waals surface area contributed by atoms with E-state index in [-0.39, 0.29) is 40.8 Å². The normalized spacial score (nSPS) is 10.4. The van der Waals surface area contributed by atoms with Gasteiger partial charge in [0.2, 0.25) is 0 Å². The molecule has 1 unspecified atom stereocenters. The molecule has 0 heterocycles. The fourth-order valence-corrected chi connectivity index (χ4v) is 0.769. The summed E-state index contributed by atoms with van der Waals surface area (Å²) in [6, 6.07) is 0. The van der Waals surface area contributed by atoms with Gasteiger partial charge < -0.3 is 4.89 Å². The molecule has 0 spiro atoms. The Morgan fingerprint density at radius 1 is 1.50 bits per heavy atom. The monoisotopic (exact) mass is 292 g/mol. The molecule has 0 bridgehead atoms. The minimum atomic E-state index is -2.62. The van der Waals surface area contributed by atoms with E-state index in [1.54, 1.807) is 0 Å². The summed E-state index contributed by atoms with van der Waals surface area (Å²) in [5.74, 6) is 0. The van der Waals surface area contributed by atoms with E-state index in [0.29, 0.717) is 6.61 Å². The van der Waals surface area contributed by atoms with Crippen molar-refractivity contribution < 1.29 is 54.8 Å². The van der Waals surface area contributed by atoms with Gasteiger partial charge in [0, 0.05) is 0 Å². The van der Waals surface area contributed by atoms with Crippen molar-refractivity contribution in [2.45, 2.75) is 26.2 Å². The minimum absolute atomic E-state index is 0. The van der Waals surface area contributed by atoms with Crippen LogP contribution >= 0.6 is 8.25 Å². The van der Waals surface area contributed by atoms with Crippen molar-refractivity contribution in [1.82, 2.24) is 0 Å². The summed E-state index contributed by atoms with van der Waals surface area (Å²) in [6.07, 6.45) is 2.95. The van der Waals surface area contributed by atoms with Gasteiger partial charge in [0.15, 0.2) is 0 Å². The van der Waals surface area contributed by atoms with Crippen molar-refractivity contribution in [1.29, 1.82) is 0 Å². The third-order valence-corrected chi connectivity index (χ3v) is 1.34. The Kier molecular flexibility index (Phi) is 14.4. The second-order valence-electron chi connectivity index (χ2n) is 1.76. The molecule has 3 nitrogen and oxygen atoms in total. The average molecular weight is 294 g/mol.